The number of esters is 1. The van der Waals surface area contributed by atoms with Gasteiger partial charge in [0.2, 0.25) is 0 Å². The molecule has 3 N–H and O–H groups in total. The van der Waals surface area contributed by atoms with E-state index in [1.807, 2.05) is 0 Å². The van der Waals surface area contributed by atoms with Crippen molar-refractivity contribution in [3.8, 4) is 0 Å². The molecule has 0 aromatic carbocycles. The summed E-state index contributed by atoms with van der Waals surface area (Å²) in [4.78, 5) is 37.1. The number of imide groups is 1. The van der Waals surface area contributed by atoms with Crippen LogP contribution in [0.2, 0.25) is 0 Å². The molecule has 4 bridgehead atoms. The fourth-order valence-corrected chi connectivity index (χ4v) is 6.30. The van der Waals surface area contributed by atoms with E-state index in [1.54, 1.807) is 0 Å². The molecule has 5 fully saturated rings. The Labute approximate surface area is 159 Å². The highest BCUT2D eigenvalue weighted by atomic mass is 16.5. The van der Waals surface area contributed by atoms with E-state index in [0.717, 1.165) is 57.8 Å². The average molecular weight is 378 g/mol. The zero-order valence-corrected chi connectivity index (χ0v) is 16.0. The van der Waals surface area contributed by atoms with Crippen molar-refractivity contribution in [1.82, 2.24) is 10.6 Å². The summed E-state index contributed by atoms with van der Waals surface area (Å²) in [6.45, 7) is 1.49. The minimum absolute atomic E-state index is 0.114. The monoisotopic (exact) mass is 378 g/mol. The molecule has 5 aliphatic rings. The van der Waals surface area contributed by atoms with Gasteiger partial charge in [-0.05, 0) is 70.1 Å². The Morgan fingerprint density at radius 2 is 1.70 bits per heavy atom. The van der Waals surface area contributed by atoms with Crippen molar-refractivity contribution in [2.75, 3.05) is 0 Å². The lowest BCUT2D eigenvalue weighted by Crippen LogP contribution is -2.59. The van der Waals surface area contributed by atoms with Crippen molar-refractivity contribution < 1.29 is 24.2 Å². The van der Waals surface area contributed by atoms with Gasteiger partial charge in [-0.1, -0.05) is 12.8 Å². The van der Waals surface area contributed by atoms with Crippen molar-refractivity contribution >= 4 is 17.9 Å². The Bertz CT molecular complexity index is 628. The van der Waals surface area contributed by atoms with Gasteiger partial charge in [-0.25, -0.2) is 4.79 Å². The standard InChI is InChI=1S/C20H30N2O5/c1-12(16(23)22-18(25)21-15-4-2-3-5-15)27-17(24)19-7-13-6-14(8-19)10-20(26,9-13)11-19/h12-15,26H,2-11H2,1H3,(H2,21,22,23,25)/t12-,13-,14+,19?,20?/m1/s1. The molecule has 150 valence electrons. The fourth-order valence-electron chi connectivity index (χ4n) is 6.30. The van der Waals surface area contributed by atoms with Crippen LogP contribution in [0.15, 0.2) is 0 Å². The number of ether oxygens (including phenoxy) is 1. The van der Waals surface area contributed by atoms with E-state index in [-0.39, 0.29) is 6.04 Å². The van der Waals surface area contributed by atoms with Gasteiger partial charge in [-0.3, -0.25) is 14.9 Å². The molecule has 7 nitrogen and oxygen atoms in total. The molecule has 2 unspecified atom stereocenters. The Morgan fingerprint density at radius 3 is 2.30 bits per heavy atom. The van der Waals surface area contributed by atoms with E-state index in [4.69, 9.17) is 4.74 Å². The maximum atomic E-state index is 12.9. The molecule has 0 spiro atoms. The number of carbonyl (C=O) groups excluding carboxylic acids is 3. The van der Waals surface area contributed by atoms with E-state index in [1.165, 1.54) is 6.92 Å². The van der Waals surface area contributed by atoms with Crippen LogP contribution in [0.3, 0.4) is 0 Å². The van der Waals surface area contributed by atoms with E-state index >= 15 is 0 Å². The van der Waals surface area contributed by atoms with Gasteiger partial charge in [-0.15, -0.1) is 0 Å². The largest absolute Gasteiger partial charge is 0.452 e. The molecule has 0 radical (unpaired) electrons. The van der Waals surface area contributed by atoms with Crippen molar-refractivity contribution in [3.63, 3.8) is 0 Å². The minimum atomic E-state index is -1.03. The highest BCUT2D eigenvalue weighted by Gasteiger charge is 2.61. The maximum Gasteiger partial charge on any atom is 0.321 e. The molecule has 0 saturated heterocycles. The second kappa shape index (κ2) is 6.76. The molecule has 5 atom stereocenters. The molecule has 7 heteroatoms. The third-order valence-electron chi connectivity index (χ3n) is 7.04. The highest BCUT2D eigenvalue weighted by molar-refractivity contribution is 5.97. The summed E-state index contributed by atoms with van der Waals surface area (Å²) in [5.74, 6) is -0.272. The van der Waals surface area contributed by atoms with Gasteiger partial charge < -0.3 is 15.2 Å². The number of hydrogen-bond donors (Lipinski definition) is 3. The van der Waals surface area contributed by atoms with Crippen LogP contribution in [0.4, 0.5) is 4.79 Å². The summed E-state index contributed by atoms with van der Waals surface area (Å²) >= 11 is 0. The number of aliphatic hydroxyl groups is 1. The van der Waals surface area contributed by atoms with Crippen LogP contribution in [0.25, 0.3) is 0 Å². The SMILES string of the molecule is C[C@@H](OC(=O)C12C[C@@H]3C[C@@H](CC(O)(C3)C1)C2)C(=O)NC(=O)NC1CCCC1. The quantitative estimate of drug-likeness (QED) is 0.649. The summed E-state index contributed by atoms with van der Waals surface area (Å²) in [6.07, 6.45) is 7.53. The van der Waals surface area contributed by atoms with E-state index in [2.05, 4.69) is 10.6 Å². The molecule has 5 saturated carbocycles. The first-order chi connectivity index (χ1) is 12.8. The lowest BCUT2D eigenvalue weighted by molar-refractivity contribution is -0.199. The van der Waals surface area contributed by atoms with Gasteiger partial charge in [-0.2, -0.15) is 0 Å². The van der Waals surface area contributed by atoms with Crippen LogP contribution in [0.5, 0.6) is 0 Å². The molecule has 0 aromatic heterocycles. The second-order valence-corrected chi connectivity index (χ2v) is 9.46. The molecule has 0 heterocycles. The zero-order chi connectivity index (χ0) is 19.2. The van der Waals surface area contributed by atoms with Crippen molar-refractivity contribution in [2.24, 2.45) is 17.3 Å². The van der Waals surface area contributed by atoms with Gasteiger partial charge in [0.05, 0.1) is 11.0 Å². The topological polar surface area (TPSA) is 105 Å². The summed E-state index contributed by atoms with van der Waals surface area (Å²) < 4.78 is 5.47. The first-order valence-corrected chi connectivity index (χ1v) is 10.3. The van der Waals surface area contributed by atoms with E-state index < -0.39 is 35.0 Å². The Hall–Kier alpha value is -1.63. The lowest BCUT2D eigenvalue weighted by Gasteiger charge is -2.58. The van der Waals surface area contributed by atoms with Crippen LogP contribution in [-0.4, -0.2) is 40.8 Å². The molecular weight excluding hydrogens is 348 g/mol. The van der Waals surface area contributed by atoms with Gasteiger partial charge in [0.1, 0.15) is 0 Å². The summed E-state index contributed by atoms with van der Waals surface area (Å²) in [5, 5.41) is 15.8. The maximum absolute atomic E-state index is 12.9. The van der Waals surface area contributed by atoms with Crippen molar-refractivity contribution in [3.05, 3.63) is 0 Å². The van der Waals surface area contributed by atoms with E-state index in [9.17, 15) is 19.5 Å². The number of amides is 3. The van der Waals surface area contributed by atoms with Gasteiger partial charge in [0, 0.05) is 6.04 Å². The van der Waals surface area contributed by atoms with Gasteiger partial charge in [0.15, 0.2) is 6.10 Å². The van der Waals surface area contributed by atoms with Gasteiger partial charge in [0.25, 0.3) is 5.91 Å². The van der Waals surface area contributed by atoms with Crippen LogP contribution in [0, 0.1) is 17.3 Å². The Morgan fingerprint density at radius 1 is 1.07 bits per heavy atom. The fraction of sp³-hybridized carbons (Fsp3) is 0.850. The second-order valence-electron chi connectivity index (χ2n) is 9.46. The summed E-state index contributed by atoms with van der Waals surface area (Å²) in [5.41, 5.74) is -1.42. The van der Waals surface area contributed by atoms with Crippen molar-refractivity contribution in [1.29, 1.82) is 0 Å². The van der Waals surface area contributed by atoms with Crippen LogP contribution in [-0.2, 0) is 14.3 Å². The van der Waals surface area contributed by atoms with Crippen LogP contribution < -0.4 is 10.6 Å². The predicted molar refractivity (Wildman–Crippen MR) is 96.5 cm³/mol. The highest BCUT2D eigenvalue weighted by Crippen LogP contribution is 2.62. The molecule has 0 aromatic rings. The molecule has 0 aliphatic heterocycles. The van der Waals surface area contributed by atoms with Crippen LogP contribution in [0.1, 0.15) is 71.1 Å². The normalized spacial score (nSPS) is 38.4. The van der Waals surface area contributed by atoms with Gasteiger partial charge >= 0.3 is 12.0 Å². The Balaban J connectivity index is 1.32. The predicted octanol–water partition coefficient (Wildman–Crippen LogP) is 2.02. The first kappa shape index (κ1) is 18.7. The molecule has 5 rings (SSSR count). The molecule has 3 amide bonds. The number of rotatable bonds is 4. The summed E-state index contributed by atoms with van der Waals surface area (Å²) in [6, 6.07) is -0.415. The van der Waals surface area contributed by atoms with E-state index in [0.29, 0.717) is 18.3 Å². The molecule has 27 heavy (non-hydrogen) atoms. The number of urea groups is 1. The number of nitrogens with one attached hydrogen (secondary N) is 2. The smallest absolute Gasteiger partial charge is 0.321 e. The lowest BCUT2D eigenvalue weighted by atomic mass is 9.48. The number of hydrogen-bond acceptors (Lipinski definition) is 5. The average Bonchev–Trinajstić information content (AvgIpc) is 3.05. The molecular formula is C20H30N2O5. The molecule has 5 aliphatic carbocycles. The first-order valence-electron chi connectivity index (χ1n) is 10.3. The zero-order valence-electron chi connectivity index (χ0n) is 16.0. The van der Waals surface area contributed by atoms with Crippen molar-refractivity contribution in [2.45, 2.75) is 88.9 Å². The number of carbonyl (C=O) groups is 3. The van der Waals surface area contributed by atoms with Crippen LogP contribution >= 0.6 is 0 Å². The third-order valence-corrected chi connectivity index (χ3v) is 7.04. The Kier molecular flexibility index (Phi) is 4.69. The third kappa shape index (κ3) is 3.71. The minimum Gasteiger partial charge on any atom is -0.452 e. The summed E-state index contributed by atoms with van der Waals surface area (Å²) in [7, 11) is 0.